The molecule has 1 heterocycles. The largest absolute Gasteiger partial charge is 0.330 e. The van der Waals surface area contributed by atoms with E-state index in [0.717, 1.165) is 25.1 Å². The molecule has 1 N–H and O–H groups in total. The number of aromatic nitrogens is 2. The van der Waals surface area contributed by atoms with Crippen molar-refractivity contribution in [3.05, 3.63) is 53.9 Å². The van der Waals surface area contributed by atoms with E-state index in [1.807, 2.05) is 24.7 Å². The predicted molar refractivity (Wildman–Crippen MR) is 83.6 cm³/mol. The highest BCUT2D eigenvalue weighted by atomic mass is 19.1. The Kier molecular flexibility index (Phi) is 5.51. The fraction of sp³-hybridized carbons (Fsp3) is 0.471. The van der Waals surface area contributed by atoms with E-state index in [4.69, 9.17) is 0 Å². The summed E-state index contributed by atoms with van der Waals surface area (Å²) in [4.78, 5) is 4.26. The SMILES string of the molecule is CC(C)CNCc1cncn1C(C)Cc1ccc(F)cc1. The minimum absolute atomic E-state index is 0.187. The molecule has 0 saturated carbocycles. The van der Waals surface area contributed by atoms with Crippen LogP contribution in [-0.2, 0) is 13.0 Å². The van der Waals surface area contributed by atoms with Crippen LogP contribution in [0.1, 0.15) is 38.1 Å². The quantitative estimate of drug-likeness (QED) is 0.844. The van der Waals surface area contributed by atoms with E-state index in [1.54, 1.807) is 0 Å². The van der Waals surface area contributed by atoms with Crippen LogP contribution in [0.2, 0.25) is 0 Å². The van der Waals surface area contributed by atoms with Crippen molar-refractivity contribution in [2.45, 2.75) is 39.8 Å². The van der Waals surface area contributed by atoms with E-state index in [2.05, 4.69) is 35.6 Å². The molecular weight excluding hydrogens is 265 g/mol. The summed E-state index contributed by atoms with van der Waals surface area (Å²) >= 11 is 0. The second-order valence-corrected chi connectivity index (χ2v) is 6.00. The average molecular weight is 289 g/mol. The van der Waals surface area contributed by atoms with Gasteiger partial charge in [-0.1, -0.05) is 26.0 Å². The van der Waals surface area contributed by atoms with Gasteiger partial charge in [0, 0.05) is 18.8 Å². The van der Waals surface area contributed by atoms with Crippen LogP contribution in [0.5, 0.6) is 0 Å². The molecule has 1 aromatic heterocycles. The van der Waals surface area contributed by atoms with Crippen LogP contribution in [0.3, 0.4) is 0 Å². The number of imidazole rings is 1. The molecule has 0 bridgehead atoms. The van der Waals surface area contributed by atoms with Gasteiger partial charge in [-0.15, -0.1) is 0 Å². The highest BCUT2D eigenvalue weighted by molar-refractivity contribution is 5.17. The molecule has 1 unspecified atom stereocenters. The van der Waals surface area contributed by atoms with Gasteiger partial charge >= 0.3 is 0 Å². The van der Waals surface area contributed by atoms with Crippen molar-refractivity contribution in [1.82, 2.24) is 14.9 Å². The summed E-state index contributed by atoms with van der Waals surface area (Å²) in [6.45, 7) is 8.38. The first-order valence-corrected chi connectivity index (χ1v) is 7.52. The van der Waals surface area contributed by atoms with E-state index in [9.17, 15) is 4.39 Å². The Morgan fingerprint density at radius 2 is 1.90 bits per heavy atom. The topological polar surface area (TPSA) is 29.9 Å². The minimum atomic E-state index is -0.187. The molecule has 0 saturated heterocycles. The molecule has 0 spiro atoms. The summed E-state index contributed by atoms with van der Waals surface area (Å²) in [6.07, 6.45) is 4.66. The van der Waals surface area contributed by atoms with Crippen LogP contribution in [-0.4, -0.2) is 16.1 Å². The first-order chi connectivity index (χ1) is 10.1. The summed E-state index contributed by atoms with van der Waals surface area (Å²) in [5.41, 5.74) is 2.32. The van der Waals surface area contributed by atoms with Gasteiger partial charge in [-0.2, -0.15) is 0 Å². The van der Waals surface area contributed by atoms with E-state index in [0.29, 0.717) is 12.0 Å². The molecule has 0 fully saturated rings. The maximum atomic E-state index is 12.9. The lowest BCUT2D eigenvalue weighted by Gasteiger charge is -2.17. The number of hydrogen-bond donors (Lipinski definition) is 1. The molecule has 0 radical (unpaired) electrons. The Morgan fingerprint density at radius 1 is 1.19 bits per heavy atom. The van der Waals surface area contributed by atoms with Gasteiger partial charge < -0.3 is 9.88 Å². The van der Waals surface area contributed by atoms with Crippen molar-refractivity contribution >= 4 is 0 Å². The lowest BCUT2D eigenvalue weighted by atomic mass is 10.1. The van der Waals surface area contributed by atoms with Gasteiger partial charge in [0.25, 0.3) is 0 Å². The Morgan fingerprint density at radius 3 is 2.57 bits per heavy atom. The van der Waals surface area contributed by atoms with Crippen LogP contribution in [0.25, 0.3) is 0 Å². The number of nitrogens with zero attached hydrogens (tertiary/aromatic N) is 2. The maximum absolute atomic E-state index is 12.9. The van der Waals surface area contributed by atoms with Crippen molar-refractivity contribution in [2.24, 2.45) is 5.92 Å². The monoisotopic (exact) mass is 289 g/mol. The zero-order valence-electron chi connectivity index (χ0n) is 13.0. The summed E-state index contributed by atoms with van der Waals surface area (Å²) in [5, 5.41) is 3.44. The Balaban J connectivity index is 1.97. The molecule has 2 rings (SSSR count). The molecule has 1 aromatic carbocycles. The van der Waals surface area contributed by atoms with Crippen LogP contribution in [0.4, 0.5) is 4.39 Å². The van der Waals surface area contributed by atoms with E-state index < -0.39 is 0 Å². The zero-order valence-corrected chi connectivity index (χ0v) is 13.0. The van der Waals surface area contributed by atoms with Crippen molar-refractivity contribution in [2.75, 3.05) is 6.54 Å². The molecular formula is C17H24FN3. The molecule has 4 heteroatoms. The van der Waals surface area contributed by atoms with E-state index in [-0.39, 0.29) is 5.82 Å². The summed E-state index contributed by atoms with van der Waals surface area (Å²) in [7, 11) is 0. The normalized spacial score (nSPS) is 12.8. The van der Waals surface area contributed by atoms with Gasteiger partial charge in [-0.3, -0.25) is 0 Å². The number of hydrogen-bond acceptors (Lipinski definition) is 2. The van der Waals surface area contributed by atoms with Crippen molar-refractivity contribution in [1.29, 1.82) is 0 Å². The van der Waals surface area contributed by atoms with Crippen molar-refractivity contribution < 1.29 is 4.39 Å². The lowest BCUT2D eigenvalue weighted by Crippen LogP contribution is -2.22. The Hall–Kier alpha value is -1.68. The molecule has 114 valence electrons. The smallest absolute Gasteiger partial charge is 0.123 e. The number of rotatable bonds is 7. The molecule has 3 nitrogen and oxygen atoms in total. The highest BCUT2D eigenvalue weighted by Gasteiger charge is 2.10. The third-order valence-electron chi connectivity index (χ3n) is 3.52. The molecule has 1 atom stereocenters. The molecule has 0 aliphatic rings. The molecule has 0 aliphatic heterocycles. The summed E-state index contributed by atoms with van der Waals surface area (Å²) < 4.78 is 15.1. The van der Waals surface area contributed by atoms with Gasteiger partial charge in [0.15, 0.2) is 0 Å². The third kappa shape index (κ3) is 4.67. The van der Waals surface area contributed by atoms with Gasteiger partial charge in [-0.05, 0) is 43.5 Å². The Labute approximate surface area is 126 Å². The lowest BCUT2D eigenvalue weighted by molar-refractivity contribution is 0.494. The fourth-order valence-electron chi connectivity index (χ4n) is 2.41. The molecule has 21 heavy (non-hydrogen) atoms. The average Bonchev–Trinajstić information content (AvgIpc) is 2.89. The molecule has 0 aliphatic carbocycles. The van der Waals surface area contributed by atoms with Crippen LogP contribution >= 0.6 is 0 Å². The van der Waals surface area contributed by atoms with Crippen LogP contribution in [0.15, 0.2) is 36.8 Å². The Bertz CT molecular complexity index is 545. The van der Waals surface area contributed by atoms with Gasteiger partial charge in [0.05, 0.1) is 12.0 Å². The summed E-state index contributed by atoms with van der Waals surface area (Å²) in [5.74, 6) is 0.450. The zero-order chi connectivity index (χ0) is 15.2. The van der Waals surface area contributed by atoms with Gasteiger partial charge in [-0.25, -0.2) is 9.37 Å². The van der Waals surface area contributed by atoms with E-state index >= 15 is 0 Å². The first kappa shape index (κ1) is 15.7. The fourth-order valence-corrected chi connectivity index (χ4v) is 2.41. The van der Waals surface area contributed by atoms with Crippen LogP contribution in [0, 0.1) is 11.7 Å². The second-order valence-electron chi connectivity index (χ2n) is 6.00. The number of benzene rings is 1. The van der Waals surface area contributed by atoms with Crippen molar-refractivity contribution in [3.8, 4) is 0 Å². The first-order valence-electron chi connectivity index (χ1n) is 7.52. The van der Waals surface area contributed by atoms with Gasteiger partial charge in [0.1, 0.15) is 5.82 Å². The number of nitrogens with one attached hydrogen (secondary N) is 1. The standard InChI is InChI=1S/C17H24FN3/c1-13(2)9-19-10-17-11-20-12-21(17)14(3)8-15-4-6-16(18)7-5-15/h4-7,11-14,19H,8-10H2,1-3H3. The van der Waals surface area contributed by atoms with Crippen molar-refractivity contribution in [3.63, 3.8) is 0 Å². The third-order valence-corrected chi connectivity index (χ3v) is 3.52. The highest BCUT2D eigenvalue weighted by Crippen LogP contribution is 2.16. The summed E-state index contributed by atoms with van der Waals surface area (Å²) in [6, 6.07) is 7.02. The van der Waals surface area contributed by atoms with E-state index in [1.165, 1.54) is 17.8 Å². The van der Waals surface area contributed by atoms with Gasteiger partial charge in [0.2, 0.25) is 0 Å². The molecule has 2 aromatic rings. The minimum Gasteiger partial charge on any atom is -0.330 e. The number of halogens is 1. The maximum Gasteiger partial charge on any atom is 0.123 e. The predicted octanol–water partition coefficient (Wildman–Crippen LogP) is 3.57. The molecule has 0 amide bonds. The van der Waals surface area contributed by atoms with Crippen LogP contribution < -0.4 is 5.32 Å². The second kappa shape index (κ2) is 7.36.